The van der Waals surface area contributed by atoms with Crippen molar-refractivity contribution in [3.63, 3.8) is 0 Å². The lowest BCUT2D eigenvalue weighted by molar-refractivity contribution is -0.148. The highest BCUT2D eigenvalue weighted by atomic mass is 19.1. The van der Waals surface area contributed by atoms with Crippen molar-refractivity contribution in [3.05, 3.63) is 53.5 Å². The molecule has 164 valence electrons. The standard InChI is InChI=1S/C23H21F2N5O2/c24-17-5-15(6-18(25)8-17)21-1-2-29-30(21)23(31)20-7-16(13-3-14(20)4-13)11-32-22-9-19(10-26)27-12-28-22/h2,5-6,8-9,12-14,16,20-21H,1,3-4,7,11H2/t13?,14?,16-,20-,21?/m0/s1. The number of halogens is 2. The third-order valence-electron chi connectivity index (χ3n) is 6.85. The van der Waals surface area contributed by atoms with E-state index < -0.39 is 17.7 Å². The van der Waals surface area contributed by atoms with Gasteiger partial charge < -0.3 is 4.74 Å². The summed E-state index contributed by atoms with van der Waals surface area (Å²) in [6, 6.07) is 6.30. The van der Waals surface area contributed by atoms with Gasteiger partial charge in [-0.2, -0.15) is 10.4 Å². The Morgan fingerprint density at radius 1 is 1.12 bits per heavy atom. The molecule has 3 saturated carbocycles. The van der Waals surface area contributed by atoms with Gasteiger partial charge in [0.2, 0.25) is 11.8 Å². The van der Waals surface area contributed by atoms with Gasteiger partial charge in [-0.15, -0.1) is 0 Å². The van der Waals surface area contributed by atoms with Crippen LogP contribution in [-0.2, 0) is 4.79 Å². The molecule has 6 rings (SSSR count). The largest absolute Gasteiger partial charge is 0.477 e. The normalized spacial score (nSPS) is 28.2. The zero-order chi connectivity index (χ0) is 22.2. The number of ether oxygens (including phenoxy) is 1. The molecule has 0 radical (unpaired) electrons. The van der Waals surface area contributed by atoms with Crippen LogP contribution in [0.3, 0.4) is 0 Å². The molecule has 0 saturated heterocycles. The number of aromatic nitrogens is 2. The number of rotatable bonds is 5. The highest BCUT2D eigenvalue weighted by Gasteiger charge is 2.50. The van der Waals surface area contributed by atoms with Crippen molar-refractivity contribution in [2.75, 3.05) is 6.61 Å². The van der Waals surface area contributed by atoms with Crippen molar-refractivity contribution in [3.8, 4) is 11.9 Å². The van der Waals surface area contributed by atoms with Gasteiger partial charge in [-0.3, -0.25) is 4.79 Å². The van der Waals surface area contributed by atoms with Gasteiger partial charge in [0.05, 0.1) is 12.6 Å². The second-order valence-electron chi connectivity index (χ2n) is 8.69. The second kappa shape index (κ2) is 8.26. The summed E-state index contributed by atoms with van der Waals surface area (Å²) in [5.74, 6) is -0.310. The average molecular weight is 437 g/mol. The van der Waals surface area contributed by atoms with Crippen molar-refractivity contribution in [1.82, 2.24) is 15.0 Å². The van der Waals surface area contributed by atoms with Crippen molar-refractivity contribution in [1.29, 1.82) is 5.26 Å². The lowest BCUT2D eigenvalue weighted by Crippen LogP contribution is -2.50. The molecule has 7 nitrogen and oxygen atoms in total. The van der Waals surface area contributed by atoms with E-state index in [4.69, 9.17) is 10.00 Å². The predicted octanol–water partition coefficient (Wildman–Crippen LogP) is 3.63. The Kier molecular flexibility index (Phi) is 5.29. The minimum absolute atomic E-state index is 0.102. The Bertz CT molecular complexity index is 1090. The van der Waals surface area contributed by atoms with Crippen LogP contribution in [0, 0.1) is 46.6 Å². The first kappa shape index (κ1) is 20.5. The van der Waals surface area contributed by atoms with Gasteiger partial charge in [-0.25, -0.2) is 23.8 Å². The number of hydrogen-bond acceptors (Lipinski definition) is 6. The summed E-state index contributed by atoms with van der Waals surface area (Å²) in [5.41, 5.74) is 0.648. The average Bonchev–Trinajstić information content (AvgIpc) is 3.26. The Morgan fingerprint density at radius 2 is 1.91 bits per heavy atom. The maximum Gasteiger partial charge on any atom is 0.246 e. The minimum Gasteiger partial charge on any atom is -0.477 e. The van der Waals surface area contributed by atoms with Gasteiger partial charge in [0.25, 0.3) is 0 Å². The van der Waals surface area contributed by atoms with Crippen molar-refractivity contribution in [2.45, 2.75) is 31.7 Å². The molecule has 3 atom stereocenters. The van der Waals surface area contributed by atoms with Crippen LogP contribution in [-0.4, -0.2) is 33.7 Å². The SMILES string of the molecule is N#Cc1cc(OC[C@@H]2C[C@H](C(=O)N3N=CCC3c3cc(F)cc(F)c3)C3CC2C3)ncn1. The van der Waals surface area contributed by atoms with E-state index in [-0.39, 0.29) is 23.4 Å². The molecule has 1 aromatic carbocycles. The minimum atomic E-state index is -0.666. The van der Waals surface area contributed by atoms with Gasteiger partial charge in [-0.1, -0.05) is 0 Å². The monoisotopic (exact) mass is 437 g/mol. The maximum absolute atomic E-state index is 13.7. The van der Waals surface area contributed by atoms with Crippen molar-refractivity contribution >= 4 is 12.1 Å². The first-order chi connectivity index (χ1) is 15.5. The molecule has 3 fully saturated rings. The first-order valence-corrected chi connectivity index (χ1v) is 10.7. The van der Waals surface area contributed by atoms with Crippen molar-refractivity contribution in [2.24, 2.45) is 28.8 Å². The van der Waals surface area contributed by atoms with Crippen LogP contribution >= 0.6 is 0 Å². The number of nitrogens with zero attached hydrogens (tertiary/aromatic N) is 5. The van der Waals surface area contributed by atoms with Crippen LogP contribution in [0.2, 0.25) is 0 Å². The molecule has 2 heterocycles. The first-order valence-electron chi connectivity index (χ1n) is 10.7. The summed E-state index contributed by atoms with van der Waals surface area (Å²) in [7, 11) is 0. The summed E-state index contributed by atoms with van der Waals surface area (Å²) in [6.45, 7) is 0.408. The molecule has 0 spiro atoms. The number of fused-ring (bicyclic) bond motifs is 2. The topological polar surface area (TPSA) is 91.5 Å². The van der Waals surface area contributed by atoms with Crippen LogP contribution in [0.5, 0.6) is 5.88 Å². The van der Waals surface area contributed by atoms with Gasteiger partial charge in [0, 0.05) is 30.7 Å². The molecule has 1 unspecified atom stereocenters. The number of nitriles is 1. The summed E-state index contributed by atoms with van der Waals surface area (Å²) >= 11 is 0. The highest BCUT2D eigenvalue weighted by molar-refractivity contribution is 5.82. The third kappa shape index (κ3) is 3.81. The number of hydrogen-bond donors (Lipinski definition) is 0. The van der Waals surface area contributed by atoms with E-state index >= 15 is 0 Å². The molecule has 2 bridgehead atoms. The molecule has 1 amide bonds. The number of carbonyl (C=O) groups excluding carboxylic acids is 1. The van der Waals surface area contributed by atoms with E-state index in [1.165, 1.54) is 29.5 Å². The third-order valence-corrected chi connectivity index (χ3v) is 6.85. The predicted molar refractivity (Wildman–Crippen MR) is 109 cm³/mol. The second-order valence-corrected chi connectivity index (χ2v) is 8.69. The Balaban J connectivity index is 1.27. The van der Waals surface area contributed by atoms with Crippen molar-refractivity contribution < 1.29 is 18.3 Å². The van der Waals surface area contributed by atoms with Crippen LogP contribution in [0.1, 0.15) is 43.0 Å². The molecule has 1 aliphatic heterocycles. The number of amides is 1. The van der Waals surface area contributed by atoms with E-state index in [1.807, 2.05) is 6.07 Å². The smallest absolute Gasteiger partial charge is 0.246 e. The summed E-state index contributed by atoms with van der Waals surface area (Å²) < 4.78 is 33.3. The number of carbonyl (C=O) groups is 1. The van der Waals surface area contributed by atoms with Crippen LogP contribution in [0.15, 0.2) is 35.7 Å². The highest BCUT2D eigenvalue weighted by Crippen LogP contribution is 2.53. The zero-order valence-electron chi connectivity index (χ0n) is 17.2. The van der Waals surface area contributed by atoms with Crippen LogP contribution in [0.4, 0.5) is 8.78 Å². The van der Waals surface area contributed by atoms with E-state index in [0.717, 1.165) is 18.9 Å². The molecule has 9 heteroatoms. The summed E-state index contributed by atoms with van der Waals surface area (Å²) in [6.07, 6.45) is 5.92. The molecule has 3 aliphatic carbocycles. The van der Waals surface area contributed by atoms with Gasteiger partial charge in [0.1, 0.15) is 29.7 Å². The maximum atomic E-state index is 13.7. The lowest BCUT2D eigenvalue weighted by atomic mass is 9.55. The Morgan fingerprint density at radius 3 is 2.66 bits per heavy atom. The molecule has 1 aromatic heterocycles. The lowest BCUT2D eigenvalue weighted by Gasteiger charge is -2.51. The van der Waals surface area contributed by atoms with E-state index in [9.17, 15) is 13.6 Å². The van der Waals surface area contributed by atoms with E-state index in [1.54, 1.807) is 6.21 Å². The quantitative estimate of drug-likeness (QED) is 0.712. The Hall–Kier alpha value is -3.41. The fourth-order valence-corrected chi connectivity index (χ4v) is 5.15. The van der Waals surface area contributed by atoms with Gasteiger partial charge in [-0.05, 0) is 54.7 Å². The van der Waals surface area contributed by atoms with E-state index in [2.05, 4.69) is 15.1 Å². The van der Waals surface area contributed by atoms with E-state index in [0.29, 0.717) is 42.7 Å². The molecule has 0 N–H and O–H groups in total. The van der Waals surface area contributed by atoms with Gasteiger partial charge >= 0.3 is 0 Å². The molecule has 4 aliphatic rings. The summed E-state index contributed by atoms with van der Waals surface area (Å²) in [5, 5.41) is 14.6. The Labute approximate surface area is 183 Å². The molecule has 32 heavy (non-hydrogen) atoms. The number of hydrazone groups is 1. The number of benzene rings is 1. The molecular formula is C23H21F2N5O2. The fraction of sp³-hybridized carbons (Fsp3) is 0.435. The fourth-order valence-electron chi connectivity index (χ4n) is 5.15. The van der Waals surface area contributed by atoms with Crippen LogP contribution in [0.25, 0.3) is 0 Å². The van der Waals surface area contributed by atoms with Gasteiger partial charge in [0.15, 0.2) is 0 Å². The van der Waals surface area contributed by atoms with Crippen LogP contribution < -0.4 is 4.74 Å². The summed E-state index contributed by atoms with van der Waals surface area (Å²) in [4.78, 5) is 21.3. The molecular weight excluding hydrogens is 416 g/mol. The molecule has 2 aromatic rings. The zero-order valence-corrected chi connectivity index (χ0v) is 17.2.